The van der Waals surface area contributed by atoms with Gasteiger partial charge in [-0.15, -0.1) is 0 Å². The molecule has 26 heavy (non-hydrogen) atoms. The number of fused-ring (bicyclic) bond motifs is 1. The predicted octanol–water partition coefficient (Wildman–Crippen LogP) is 3.23. The highest BCUT2D eigenvalue weighted by Gasteiger charge is 2.32. The van der Waals surface area contributed by atoms with Crippen LogP contribution in [-0.2, 0) is 13.1 Å². The van der Waals surface area contributed by atoms with Crippen LogP contribution in [0.15, 0.2) is 12.1 Å². The number of anilines is 1. The Hall–Kier alpha value is -2.25. The number of rotatable bonds is 3. The lowest BCUT2D eigenvalue weighted by molar-refractivity contribution is 0.197. The second kappa shape index (κ2) is 6.48. The lowest BCUT2D eigenvalue weighted by atomic mass is 10.1. The third-order valence-electron chi connectivity index (χ3n) is 4.49. The van der Waals surface area contributed by atoms with Gasteiger partial charge in [0.25, 0.3) is 0 Å². The molecular formula is C17H17Cl2N5O2. The second-order valence-electron chi connectivity index (χ2n) is 6.40. The van der Waals surface area contributed by atoms with Gasteiger partial charge >= 0.3 is 6.03 Å². The Morgan fingerprint density at radius 2 is 2.04 bits per heavy atom. The molecule has 1 aliphatic carbocycles. The molecule has 0 bridgehead atoms. The van der Waals surface area contributed by atoms with Crippen LogP contribution < -0.4 is 15.8 Å². The Morgan fingerprint density at radius 3 is 2.73 bits per heavy atom. The summed E-state index contributed by atoms with van der Waals surface area (Å²) < 4.78 is 5.28. The zero-order valence-corrected chi connectivity index (χ0v) is 15.6. The number of aromatic nitrogens is 2. The third-order valence-corrected chi connectivity index (χ3v) is 5.10. The molecule has 2 aromatic rings. The molecule has 0 saturated heterocycles. The second-order valence-corrected chi connectivity index (χ2v) is 7.22. The average molecular weight is 394 g/mol. The lowest BCUT2D eigenvalue weighted by Gasteiger charge is -2.16. The van der Waals surface area contributed by atoms with Crippen LogP contribution in [0.2, 0.25) is 10.0 Å². The number of hydrogen-bond donors (Lipinski definition) is 2. The summed E-state index contributed by atoms with van der Waals surface area (Å²) in [7, 11) is 1.53. The van der Waals surface area contributed by atoms with Crippen molar-refractivity contribution < 1.29 is 9.53 Å². The van der Waals surface area contributed by atoms with Gasteiger partial charge in [0.1, 0.15) is 5.75 Å². The van der Waals surface area contributed by atoms with E-state index >= 15 is 0 Å². The first kappa shape index (κ1) is 17.2. The fraction of sp³-hybridized carbons (Fsp3) is 0.353. The van der Waals surface area contributed by atoms with Gasteiger partial charge < -0.3 is 20.7 Å². The van der Waals surface area contributed by atoms with Gasteiger partial charge in [-0.25, -0.2) is 14.8 Å². The van der Waals surface area contributed by atoms with E-state index in [-0.39, 0.29) is 18.0 Å². The van der Waals surface area contributed by atoms with E-state index in [1.165, 1.54) is 7.11 Å². The van der Waals surface area contributed by atoms with Gasteiger partial charge in [-0.05, 0) is 25.0 Å². The van der Waals surface area contributed by atoms with Crippen molar-refractivity contribution in [1.29, 1.82) is 0 Å². The van der Waals surface area contributed by atoms with Crippen LogP contribution in [0.3, 0.4) is 0 Å². The van der Waals surface area contributed by atoms with Crippen molar-refractivity contribution in [2.75, 3.05) is 12.8 Å². The summed E-state index contributed by atoms with van der Waals surface area (Å²) in [5.41, 5.74) is 8.68. The average Bonchev–Trinajstić information content (AvgIpc) is 3.30. The molecular weight excluding hydrogens is 377 g/mol. The Labute approximate surface area is 160 Å². The topological polar surface area (TPSA) is 93.4 Å². The highest BCUT2D eigenvalue weighted by atomic mass is 35.5. The molecule has 2 aliphatic rings. The molecule has 0 radical (unpaired) electrons. The first-order valence-electron chi connectivity index (χ1n) is 8.20. The van der Waals surface area contributed by atoms with Gasteiger partial charge in [-0.2, -0.15) is 0 Å². The van der Waals surface area contributed by atoms with E-state index in [4.69, 9.17) is 33.7 Å². The fourth-order valence-electron chi connectivity index (χ4n) is 3.00. The maximum Gasteiger partial charge on any atom is 0.318 e. The number of amides is 2. The number of nitrogens with zero attached hydrogens (tertiary/aromatic N) is 3. The van der Waals surface area contributed by atoms with E-state index < -0.39 is 0 Å². The van der Waals surface area contributed by atoms with Crippen molar-refractivity contribution in [3.8, 4) is 17.0 Å². The number of hydrogen-bond acceptors (Lipinski definition) is 5. The van der Waals surface area contributed by atoms with Gasteiger partial charge in [0.2, 0.25) is 5.95 Å². The van der Waals surface area contributed by atoms with Gasteiger partial charge in [-0.3, -0.25) is 0 Å². The Kier molecular flexibility index (Phi) is 4.28. The summed E-state index contributed by atoms with van der Waals surface area (Å²) in [5.74, 6) is 0.617. The summed E-state index contributed by atoms with van der Waals surface area (Å²) in [6.45, 7) is 0.778. The third kappa shape index (κ3) is 3.12. The Balaban J connectivity index is 1.73. The highest BCUT2D eigenvalue weighted by molar-refractivity contribution is 6.37. The number of benzene rings is 1. The van der Waals surface area contributed by atoms with Crippen molar-refractivity contribution >= 4 is 35.2 Å². The van der Waals surface area contributed by atoms with Gasteiger partial charge in [0.15, 0.2) is 0 Å². The SMILES string of the molecule is COc1cc(-c2nc(N)nc3c2CN(C(=O)NC2CC2)C3)c(Cl)cc1Cl. The van der Waals surface area contributed by atoms with E-state index in [9.17, 15) is 4.79 Å². The van der Waals surface area contributed by atoms with E-state index in [0.29, 0.717) is 40.1 Å². The number of nitrogens with one attached hydrogen (secondary N) is 1. The smallest absolute Gasteiger partial charge is 0.318 e. The van der Waals surface area contributed by atoms with Crippen LogP contribution in [0, 0.1) is 0 Å². The summed E-state index contributed by atoms with van der Waals surface area (Å²) >= 11 is 12.5. The highest BCUT2D eigenvalue weighted by Crippen LogP contribution is 2.39. The summed E-state index contributed by atoms with van der Waals surface area (Å²) in [6.07, 6.45) is 2.06. The summed E-state index contributed by atoms with van der Waals surface area (Å²) in [5, 5.41) is 3.82. The van der Waals surface area contributed by atoms with Gasteiger partial charge in [0.05, 0.1) is 41.6 Å². The van der Waals surface area contributed by atoms with Crippen LogP contribution in [0.1, 0.15) is 24.1 Å². The van der Waals surface area contributed by atoms with E-state index in [0.717, 1.165) is 24.1 Å². The van der Waals surface area contributed by atoms with Crippen molar-refractivity contribution in [1.82, 2.24) is 20.2 Å². The minimum atomic E-state index is -0.102. The van der Waals surface area contributed by atoms with Crippen LogP contribution in [0.4, 0.5) is 10.7 Å². The van der Waals surface area contributed by atoms with Crippen molar-refractivity contribution in [2.24, 2.45) is 0 Å². The zero-order chi connectivity index (χ0) is 18.4. The number of nitrogen functional groups attached to an aromatic ring is 1. The van der Waals surface area contributed by atoms with Crippen molar-refractivity contribution in [2.45, 2.75) is 32.0 Å². The number of methoxy groups -OCH3 is 1. The molecule has 1 aromatic heterocycles. The minimum absolute atomic E-state index is 0.102. The first-order valence-corrected chi connectivity index (χ1v) is 8.96. The van der Waals surface area contributed by atoms with Crippen LogP contribution in [-0.4, -0.2) is 34.1 Å². The predicted molar refractivity (Wildman–Crippen MR) is 99.3 cm³/mol. The molecule has 4 rings (SSSR count). The normalized spacial score (nSPS) is 15.7. The molecule has 7 nitrogen and oxygen atoms in total. The monoisotopic (exact) mass is 393 g/mol. The molecule has 1 fully saturated rings. The number of halogens is 2. The molecule has 0 atom stereocenters. The molecule has 3 N–H and O–H groups in total. The molecule has 136 valence electrons. The first-order chi connectivity index (χ1) is 12.5. The van der Waals surface area contributed by atoms with Gasteiger partial charge in [-0.1, -0.05) is 23.2 Å². The number of carbonyl (C=O) groups is 1. The summed E-state index contributed by atoms with van der Waals surface area (Å²) in [4.78, 5) is 22.8. The number of ether oxygens (including phenoxy) is 1. The number of carbonyl (C=O) groups excluding carboxylic acids is 1. The lowest BCUT2D eigenvalue weighted by Crippen LogP contribution is -2.37. The Morgan fingerprint density at radius 1 is 1.27 bits per heavy atom. The minimum Gasteiger partial charge on any atom is -0.495 e. The molecule has 9 heteroatoms. The van der Waals surface area contributed by atoms with Crippen molar-refractivity contribution in [3.63, 3.8) is 0 Å². The number of nitrogens with two attached hydrogens (primary N) is 1. The largest absolute Gasteiger partial charge is 0.495 e. The van der Waals surface area contributed by atoms with Crippen LogP contribution >= 0.6 is 23.2 Å². The summed E-state index contributed by atoms with van der Waals surface area (Å²) in [6, 6.07) is 3.51. The van der Waals surface area contributed by atoms with E-state index in [2.05, 4.69) is 15.3 Å². The maximum absolute atomic E-state index is 12.4. The van der Waals surface area contributed by atoms with Gasteiger partial charge in [0, 0.05) is 17.2 Å². The molecule has 0 unspecified atom stereocenters. The maximum atomic E-state index is 12.4. The molecule has 1 aliphatic heterocycles. The zero-order valence-electron chi connectivity index (χ0n) is 14.1. The quantitative estimate of drug-likeness (QED) is 0.834. The Bertz CT molecular complexity index is 901. The molecule has 0 spiro atoms. The standard InChI is InChI=1S/C17H17Cl2N5O2/c1-26-14-4-9(11(18)5-12(14)19)15-10-6-24(17(25)21-8-2-3-8)7-13(10)22-16(20)23-15/h4-5,8H,2-3,6-7H2,1H3,(H,21,25)(H2,20,22,23). The van der Waals surface area contributed by atoms with Crippen molar-refractivity contribution in [3.05, 3.63) is 33.4 Å². The molecule has 2 amide bonds. The van der Waals surface area contributed by atoms with E-state index in [1.807, 2.05) is 0 Å². The molecule has 1 saturated carbocycles. The van der Waals surface area contributed by atoms with Crippen LogP contribution in [0.25, 0.3) is 11.3 Å². The molecule has 1 aromatic carbocycles. The van der Waals surface area contributed by atoms with E-state index in [1.54, 1.807) is 17.0 Å². The molecule has 2 heterocycles. The fourth-order valence-corrected chi connectivity index (χ4v) is 3.55. The van der Waals surface area contributed by atoms with Crippen LogP contribution in [0.5, 0.6) is 5.75 Å². The number of urea groups is 1.